The Hall–Kier alpha value is -2.25. The summed E-state index contributed by atoms with van der Waals surface area (Å²) in [5.74, 6) is -0.246. The molecule has 3 rings (SSSR count). The molecule has 19 heteroatoms. The van der Waals surface area contributed by atoms with Crippen LogP contribution in [0.1, 0.15) is 232 Å². The third kappa shape index (κ3) is 31.4. The van der Waals surface area contributed by atoms with E-state index in [1.165, 1.54) is 116 Å². The molecule has 496 valence electrons. The molecule has 3 heterocycles. The SMILES string of the molecule is CC/C=C\C/C=C\C/C=C\C/C=C\CCCCCCCCCCCCCCCCCCCCCCC(=O)NC(COC1OC(CO)C(OC2OC(CO)C(OC3OC(CO)C(O)C(O)C3O)C(O)C2O)C(O)C1O)C(O)CCCCCCCCC. The molecular formula is C66H119NO18. The van der Waals surface area contributed by atoms with Gasteiger partial charge in [-0.05, 0) is 51.4 Å². The minimum Gasteiger partial charge on any atom is -0.394 e. The molecule has 0 aliphatic carbocycles. The lowest BCUT2D eigenvalue weighted by atomic mass is 9.96. The maximum atomic E-state index is 13.3. The zero-order valence-electron chi connectivity index (χ0n) is 52.1. The molecule has 1 amide bonds. The first kappa shape index (κ1) is 77.0. The number of carbonyl (C=O) groups is 1. The highest BCUT2D eigenvalue weighted by atomic mass is 16.8. The lowest BCUT2D eigenvalue weighted by molar-refractivity contribution is -0.379. The van der Waals surface area contributed by atoms with Gasteiger partial charge in [0.1, 0.15) is 73.2 Å². The molecule has 19 nitrogen and oxygen atoms in total. The van der Waals surface area contributed by atoms with E-state index in [4.69, 9.17) is 28.4 Å². The van der Waals surface area contributed by atoms with Gasteiger partial charge in [-0.3, -0.25) is 4.79 Å². The number of hydrogen-bond donors (Lipinski definition) is 12. The Labute approximate surface area is 510 Å². The molecule has 0 aromatic rings. The molecular weight excluding hydrogens is 1090 g/mol. The number of aliphatic hydroxyl groups excluding tert-OH is 11. The Morgan fingerprint density at radius 1 is 0.435 bits per heavy atom. The third-order valence-corrected chi connectivity index (χ3v) is 16.7. The summed E-state index contributed by atoms with van der Waals surface area (Å²) in [6.45, 7) is 1.62. The fourth-order valence-corrected chi connectivity index (χ4v) is 11.2. The second kappa shape index (κ2) is 48.6. The third-order valence-electron chi connectivity index (χ3n) is 16.7. The standard InChI is InChI=1S/C66H119NO18/c1-3-5-7-9-11-12-13-14-15-16-17-18-19-20-21-22-23-24-25-26-27-28-29-30-31-32-33-34-35-36-38-40-42-44-54(72)67-49(50(71)43-41-39-37-10-8-6-4-2)48-80-64-60(78)57(75)62(52(46-69)82-64)85-66-61(79)58(76)63(53(47-70)83-66)84-65-59(77)56(74)55(73)51(45-68)81-65/h5,7,11-12,14-15,17-18,49-53,55-66,68-71,73-79H,3-4,6,8-10,13,16,19-48H2,1-2H3,(H,67,72)/b7-5-,12-11-,15-14-,18-17-. The Morgan fingerprint density at radius 3 is 1.27 bits per heavy atom. The van der Waals surface area contributed by atoms with Crippen molar-refractivity contribution in [3.63, 3.8) is 0 Å². The van der Waals surface area contributed by atoms with Gasteiger partial charge in [-0.2, -0.15) is 0 Å². The number of unbranched alkanes of at least 4 members (excludes halogenated alkanes) is 26. The Bertz CT molecular complexity index is 1740. The second-order valence-electron chi connectivity index (χ2n) is 23.9. The molecule has 17 atom stereocenters. The van der Waals surface area contributed by atoms with Crippen molar-refractivity contribution in [2.45, 2.75) is 336 Å². The summed E-state index contributed by atoms with van der Waals surface area (Å²) < 4.78 is 34.2. The fraction of sp³-hybridized carbons (Fsp3) is 0.864. The minimum absolute atomic E-state index is 0.246. The summed E-state index contributed by atoms with van der Waals surface area (Å²) in [6.07, 6.45) is 29.8. The number of carbonyl (C=O) groups excluding carboxylic acids is 1. The van der Waals surface area contributed by atoms with Gasteiger partial charge in [-0.25, -0.2) is 0 Å². The highest BCUT2D eigenvalue weighted by Crippen LogP contribution is 2.33. The van der Waals surface area contributed by atoms with Gasteiger partial charge < -0.3 is 89.9 Å². The molecule has 0 bridgehead atoms. The van der Waals surface area contributed by atoms with Crippen molar-refractivity contribution in [1.82, 2.24) is 5.32 Å². The quantitative estimate of drug-likeness (QED) is 0.0204. The molecule has 0 saturated carbocycles. The smallest absolute Gasteiger partial charge is 0.220 e. The van der Waals surface area contributed by atoms with E-state index in [0.29, 0.717) is 12.8 Å². The maximum absolute atomic E-state index is 13.3. The van der Waals surface area contributed by atoms with Gasteiger partial charge in [0.2, 0.25) is 5.91 Å². The summed E-state index contributed by atoms with van der Waals surface area (Å²) >= 11 is 0. The van der Waals surface area contributed by atoms with Crippen LogP contribution in [0.15, 0.2) is 48.6 Å². The monoisotopic (exact) mass is 1210 g/mol. The van der Waals surface area contributed by atoms with Crippen LogP contribution in [0.5, 0.6) is 0 Å². The second-order valence-corrected chi connectivity index (χ2v) is 23.9. The number of allylic oxidation sites excluding steroid dienone is 8. The lowest BCUT2D eigenvalue weighted by Gasteiger charge is -2.48. The van der Waals surface area contributed by atoms with Gasteiger partial charge in [0.25, 0.3) is 0 Å². The highest BCUT2D eigenvalue weighted by molar-refractivity contribution is 5.76. The predicted octanol–water partition coefficient (Wildman–Crippen LogP) is 7.83. The largest absolute Gasteiger partial charge is 0.394 e. The Kier molecular flexibility index (Phi) is 44.0. The van der Waals surface area contributed by atoms with E-state index in [9.17, 15) is 61.0 Å². The first-order valence-corrected chi connectivity index (χ1v) is 33.4. The van der Waals surface area contributed by atoms with E-state index in [-0.39, 0.29) is 18.9 Å². The van der Waals surface area contributed by atoms with Crippen molar-refractivity contribution in [2.24, 2.45) is 0 Å². The lowest BCUT2D eigenvalue weighted by Crippen LogP contribution is -2.66. The van der Waals surface area contributed by atoms with Crippen molar-refractivity contribution in [1.29, 1.82) is 0 Å². The van der Waals surface area contributed by atoms with Gasteiger partial charge in [-0.15, -0.1) is 0 Å². The van der Waals surface area contributed by atoms with Crippen LogP contribution in [0.3, 0.4) is 0 Å². The first-order valence-electron chi connectivity index (χ1n) is 33.4. The van der Waals surface area contributed by atoms with Crippen molar-refractivity contribution in [3.05, 3.63) is 48.6 Å². The Morgan fingerprint density at radius 2 is 0.812 bits per heavy atom. The highest BCUT2D eigenvalue weighted by Gasteiger charge is 2.53. The van der Waals surface area contributed by atoms with Crippen molar-refractivity contribution in [3.8, 4) is 0 Å². The normalized spacial score (nSPS) is 29.3. The molecule has 17 unspecified atom stereocenters. The van der Waals surface area contributed by atoms with Crippen LogP contribution >= 0.6 is 0 Å². The van der Waals surface area contributed by atoms with Crippen LogP contribution in [-0.4, -0.2) is 193 Å². The van der Waals surface area contributed by atoms with E-state index < -0.39 is 124 Å². The van der Waals surface area contributed by atoms with Gasteiger partial charge in [0.05, 0.1) is 38.6 Å². The summed E-state index contributed by atoms with van der Waals surface area (Å²) in [5.41, 5.74) is 0. The summed E-state index contributed by atoms with van der Waals surface area (Å²) in [4.78, 5) is 13.3. The Balaban J connectivity index is 1.30. The van der Waals surface area contributed by atoms with Crippen LogP contribution in [0, 0.1) is 0 Å². The summed E-state index contributed by atoms with van der Waals surface area (Å²) in [7, 11) is 0. The van der Waals surface area contributed by atoms with Crippen LogP contribution in [0.2, 0.25) is 0 Å². The van der Waals surface area contributed by atoms with E-state index in [1.807, 2.05) is 0 Å². The van der Waals surface area contributed by atoms with Crippen LogP contribution < -0.4 is 5.32 Å². The molecule has 3 aliphatic heterocycles. The van der Waals surface area contributed by atoms with Crippen molar-refractivity contribution in [2.75, 3.05) is 26.4 Å². The summed E-state index contributed by atoms with van der Waals surface area (Å²) in [6, 6.07) is -0.883. The van der Waals surface area contributed by atoms with E-state index in [1.54, 1.807) is 0 Å². The van der Waals surface area contributed by atoms with Gasteiger partial charge in [0.15, 0.2) is 18.9 Å². The number of hydrogen-bond acceptors (Lipinski definition) is 18. The average Bonchev–Trinajstić information content (AvgIpc) is 3.70. The van der Waals surface area contributed by atoms with E-state index in [0.717, 1.165) is 83.5 Å². The molecule has 0 spiro atoms. The van der Waals surface area contributed by atoms with Gasteiger partial charge in [0, 0.05) is 6.42 Å². The molecule has 3 aliphatic rings. The molecule has 0 aromatic heterocycles. The first-order chi connectivity index (χ1) is 41.3. The number of aliphatic hydroxyl groups is 11. The topological polar surface area (TPSA) is 307 Å². The molecule has 85 heavy (non-hydrogen) atoms. The number of nitrogens with one attached hydrogen (secondary N) is 1. The molecule has 12 N–H and O–H groups in total. The van der Waals surface area contributed by atoms with Gasteiger partial charge >= 0.3 is 0 Å². The molecule has 0 aromatic carbocycles. The molecule has 3 fully saturated rings. The number of amides is 1. The van der Waals surface area contributed by atoms with Crippen LogP contribution in [0.4, 0.5) is 0 Å². The van der Waals surface area contributed by atoms with Crippen molar-refractivity contribution >= 4 is 5.91 Å². The zero-order chi connectivity index (χ0) is 61.9. The number of rotatable bonds is 50. The van der Waals surface area contributed by atoms with Crippen LogP contribution in [0.25, 0.3) is 0 Å². The average molecular weight is 1210 g/mol. The number of ether oxygens (including phenoxy) is 6. The molecule has 3 saturated heterocycles. The van der Waals surface area contributed by atoms with Crippen molar-refractivity contribution < 1.29 is 89.4 Å². The fourth-order valence-electron chi connectivity index (χ4n) is 11.2. The van der Waals surface area contributed by atoms with Gasteiger partial charge in [-0.1, -0.05) is 223 Å². The predicted molar refractivity (Wildman–Crippen MR) is 328 cm³/mol. The zero-order valence-corrected chi connectivity index (χ0v) is 52.1. The minimum atomic E-state index is -1.97. The molecule has 0 radical (unpaired) electrons. The van der Waals surface area contributed by atoms with E-state index in [2.05, 4.69) is 67.8 Å². The maximum Gasteiger partial charge on any atom is 0.220 e. The van der Waals surface area contributed by atoms with E-state index >= 15 is 0 Å². The van der Waals surface area contributed by atoms with Crippen LogP contribution in [-0.2, 0) is 33.2 Å². The summed E-state index contributed by atoms with van der Waals surface area (Å²) in [5, 5.41) is 120.